The predicted molar refractivity (Wildman–Crippen MR) is 76.6 cm³/mol. The highest BCUT2D eigenvalue weighted by molar-refractivity contribution is 5.78. The SMILES string of the molecule is Cc1nc(-c2ccccc2)c(-c2ccncc2)n1C. The molecule has 0 unspecified atom stereocenters. The van der Waals surface area contributed by atoms with Gasteiger partial charge in [-0.3, -0.25) is 4.98 Å². The van der Waals surface area contributed by atoms with Crippen LogP contribution in [0.2, 0.25) is 0 Å². The molecule has 0 fully saturated rings. The summed E-state index contributed by atoms with van der Waals surface area (Å²) in [7, 11) is 2.05. The number of hydrogen-bond acceptors (Lipinski definition) is 2. The van der Waals surface area contributed by atoms with Crippen LogP contribution in [-0.2, 0) is 7.05 Å². The van der Waals surface area contributed by atoms with Crippen LogP contribution in [0.5, 0.6) is 0 Å². The third-order valence-electron chi connectivity index (χ3n) is 3.32. The third-order valence-corrected chi connectivity index (χ3v) is 3.32. The molecular weight excluding hydrogens is 234 g/mol. The Balaban J connectivity index is 2.25. The molecular formula is C16H15N3. The minimum absolute atomic E-state index is 1.01. The molecule has 3 nitrogen and oxygen atoms in total. The van der Waals surface area contributed by atoms with E-state index < -0.39 is 0 Å². The zero-order valence-electron chi connectivity index (χ0n) is 11.0. The van der Waals surface area contributed by atoms with Gasteiger partial charge >= 0.3 is 0 Å². The van der Waals surface area contributed by atoms with Crippen LogP contribution in [0.1, 0.15) is 5.82 Å². The van der Waals surface area contributed by atoms with Crippen LogP contribution < -0.4 is 0 Å². The Morgan fingerprint density at radius 1 is 0.895 bits per heavy atom. The lowest BCUT2D eigenvalue weighted by Crippen LogP contribution is -1.94. The lowest BCUT2D eigenvalue weighted by molar-refractivity contribution is 0.865. The molecule has 3 rings (SSSR count). The van der Waals surface area contributed by atoms with Crippen molar-refractivity contribution < 1.29 is 0 Å². The molecule has 0 bridgehead atoms. The zero-order chi connectivity index (χ0) is 13.2. The summed E-state index contributed by atoms with van der Waals surface area (Å²) < 4.78 is 2.12. The summed E-state index contributed by atoms with van der Waals surface area (Å²) in [4.78, 5) is 8.78. The Labute approximate surface area is 112 Å². The Hall–Kier alpha value is -2.42. The van der Waals surface area contributed by atoms with Crippen molar-refractivity contribution in [1.29, 1.82) is 0 Å². The molecule has 19 heavy (non-hydrogen) atoms. The van der Waals surface area contributed by atoms with Crippen LogP contribution in [-0.4, -0.2) is 14.5 Å². The monoisotopic (exact) mass is 249 g/mol. The van der Waals surface area contributed by atoms with E-state index in [2.05, 4.69) is 21.7 Å². The number of benzene rings is 1. The van der Waals surface area contributed by atoms with Crippen LogP contribution >= 0.6 is 0 Å². The van der Waals surface area contributed by atoms with E-state index in [0.717, 1.165) is 28.3 Å². The highest BCUT2D eigenvalue weighted by Gasteiger charge is 2.15. The highest BCUT2D eigenvalue weighted by Crippen LogP contribution is 2.31. The molecule has 0 saturated carbocycles. The predicted octanol–water partition coefficient (Wildman–Crippen LogP) is 3.46. The molecule has 0 N–H and O–H groups in total. The number of aryl methyl sites for hydroxylation is 1. The van der Waals surface area contributed by atoms with Gasteiger partial charge in [0.25, 0.3) is 0 Å². The van der Waals surface area contributed by atoms with E-state index in [1.807, 2.05) is 56.7 Å². The van der Waals surface area contributed by atoms with Crippen LogP contribution in [0, 0.1) is 6.92 Å². The quantitative estimate of drug-likeness (QED) is 0.696. The fraction of sp³-hybridized carbons (Fsp3) is 0.125. The fourth-order valence-corrected chi connectivity index (χ4v) is 2.25. The molecule has 0 radical (unpaired) electrons. The van der Waals surface area contributed by atoms with E-state index >= 15 is 0 Å². The van der Waals surface area contributed by atoms with Crippen molar-refractivity contribution in [3.05, 3.63) is 60.7 Å². The summed E-state index contributed by atoms with van der Waals surface area (Å²) in [5, 5.41) is 0. The van der Waals surface area contributed by atoms with Gasteiger partial charge in [0.05, 0.1) is 11.4 Å². The zero-order valence-corrected chi connectivity index (χ0v) is 11.0. The average molecular weight is 249 g/mol. The third kappa shape index (κ3) is 2.03. The largest absolute Gasteiger partial charge is 0.331 e. The van der Waals surface area contributed by atoms with Gasteiger partial charge in [0.2, 0.25) is 0 Å². The number of nitrogens with zero attached hydrogens (tertiary/aromatic N) is 3. The van der Waals surface area contributed by atoms with Crippen LogP contribution in [0.4, 0.5) is 0 Å². The summed E-state index contributed by atoms with van der Waals surface area (Å²) in [6.07, 6.45) is 3.62. The molecule has 0 aliphatic rings. The van der Waals surface area contributed by atoms with Crippen molar-refractivity contribution in [2.24, 2.45) is 7.05 Å². The molecule has 0 atom stereocenters. The van der Waals surface area contributed by atoms with E-state index in [9.17, 15) is 0 Å². The summed E-state index contributed by atoms with van der Waals surface area (Å²) >= 11 is 0. The first kappa shape index (κ1) is 11.7. The fourth-order valence-electron chi connectivity index (χ4n) is 2.25. The summed E-state index contributed by atoms with van der Waals surface area (Å²) in [5.74, 6) is 1.01. The lowest BCUT2D eigenvalue weighted by Gasteiger charge is -2.06. The lowest BCUT2D eigenvalue weighted by atomic mass is 10.1. The minimum atomic E-state index is 1.01. The van der Waals surface area contributed by atoms with Crippen molar-refractivity contribution in [2.75, 3.05) is 0 Å². The van der Waals surface area contributed by atoms with Gasteiger partial charge in [-0.1, -0.05) is 30.3 Å². The Morgan fingerprint density at radius 2 is 1.58 bits per heavy atom. The average Bonchev–Trinajstić information content (AvgIpc) is 2.77. The molecule has 0 aliphatic carbocycles. The molecule has 1 aromatic carbocycles. The number of hydrogen-bond donors (Lipinski definition) is 0. The summed E-state index contributed by atoms with van der Waals surface area (Å²) in [6.45, 7) is 2.02. The second-order valence-corrected chi connectivity index (χ2v) is 4.52. The van der Waals surface area contributed by atoms with Gasteiger partial charge in [0.1, 0.15) is 5.82 Å². The van der Waals surface area contributed by atoms with Crippen molar-refractivity contribution >= 4 is 0 Å². The van der Waals surface area contributed by atoms with Crippen molar-refractivity contribution in [3.8, 4) is 22.5 Å². The molecule has 2 heterocycles. The maximum absolute atomic E-state index is 4.70. The number of rotatable bonds is 2. The summed E-state index contributed by atoms with van der Waals surface area (Å²) in [5.41, 5.74) is 4.42. The maximum atomic E-state index is 4.70. The Bertz CT molecular complexity index is 685. The molecule has 0 spiro atoms. The maximum Gasteiger partial charge on any atom is 0.106 e. The number of imidazole rings is 1. The van der Waals surface area contributed by atoms with E-state index in [0.29, 0.717) is 0 Å². The topological polar surface area (TPSA) is 30.7 Å². The van der Waals surface area contributed by atoms with Gasteiger partial charge in [0, 0.05) is 30.6 Å². The van der Waals surface area contributed by atoms with E-state index in [4.69, 9.17) is 4.98 Å². The van der Waals surface area contributed by atoms with E-state index in [-0.39, 0.29) is 0 Å². The molecule has 94 valence electrons. The molecule has 2 aromatic heterocycles. The Morgan fingerprint density at radius 3 is 2.26 bits per heavy atom. The first-order chi connectivity index (χ1) is 9.27. The van der Waals surface area contributed by atoms with Crippen LogP contribution in [0.3, 0.4) is 0 Å². The second kappa shape index (κ2) is 4.69. The first-order valence-corrected chi connectivity index (χ1v) is 6.26. The van der Waals surface area contributed by atoms with Gasteiger partial charge < -0.3 is 4.57 Å². The smallest absolute Gasteiger partial charge is 0.106 e. The molecule has 0 aliphatic heterocycles. The Kier molecular flexibility index (Phi) is 2.88. The van der Waals surface area contributed by atoms with Crippen LogP contribution in [0.25, 0.3) is 22.5 Å². The van der Waals surface area contributed by atoms with Gasteiger partial charge in [-0.25, -0.2) is 4.98 Å². The van der Waals surface area contributed by atoms with E-state index in [1.54, 1.807) is 0 Å². The highest BCUT2D eigenvalue weighted by atomic mass is 15.1. The van der Waals surface area contributed by atoms with Gasteiger partial charge in [-0.15, -0.1) is 0 Å². The van der Waals surface area contributed by atoms with Crippen molar-refractivity contribution in [1.82, 2.24) is 14.5 Å². The molecule has 0 amide bonds. The molecule has 3 heteroatoms. The van der Waals surface area contributed by atoms with Crippen molar-refractivity contribution in [2.45, 2.75) is 6.92 Å². The van der Waals surface area contributed by atoms with Crippen LogP contribution in [0.15, 0.2) is 54.9 Å². The van der Waals surface area contributed by atoms with Crippen molar-refractivity contribution in [3.63, 3.8) is 0 Å². The van der Waals surface area contributed by atoms with Gasteiger partial charge in [-0.05, 0) is 19.1 Å². The standard InChI is InChI=1S/C16H15N3/c1-12-18-15(13-6-4-3-5-7-13)16(19(12)2)14-8-10-17-11-9-14/h3-11H,1-2H3. The van der Waals surface area contributed by atoms with E-state index in [1.165, 1.54) is 0 Å². The molecule has 3 aromatic rings. The minimum Gasteiger partial charge on any atom is -0.331 e. The number of pyridine rings is 1. The molecule has 0 saturated heterocycles. The first-order valence-electron chi connectivity index (χ1n) is 6.26. The number of aromatic nitrogens is 3. The second-order valence-electron chi connectivity index (χ2n) is 4.52. The van der Waals surface area contributed by atoms with Gasteiger partial charge in [0.15, 0.2) is 0 Å². The normalized spacial score (nSPS) is 10.6. The van der Waals surface area contributed by atoms with Gasteiger partial charge in [-0.2, -0.15) is 0 Å². The summed E-state index contributed by atoms with van der Waals surface area (Å²) in [6, 6.07) is 14.3.